The maximum atomic E-state index is 11.4. The smallest absolute Gasteiger partial charge is 0.314 e. The van der Waals surface area contributed by atoms with Crippen molar-refractivity contribution in [1.29, 1.82) is 0 Å². The summed E-state index contributed by atoms with van der Waals surface area (Å²) >= 11 is 0. The Bertz CT molecular complexity index is 755. The second kappa shape index (κ2) is 6.27. The lowest BCUT2D eigenvalue weighted by atomic mass is 9.91. The van der Waals surface area contributed by atoms with Gasteiger partial charge < -0.3 is 20.3 Å². The zero-order valence-corrected chi connectivity index (χ0v) is 11.4. The second-order valence-electron chi connectivity index (χ2n) is 4.67. The maximum absolute atomic E-state index is 11.4. The van der Waals surface area contributed by atoms with Crippen molar-refractivity contribution in [1.82, 2.24) is 4.98 Å². The molecule has 0 aliphatic carbocycles. The van der Waals surface area contributed by atoms with Gasteiger partial charge >= 0.3 is 5.69 Å². The molecule has 8 heteroatoms. The zero-order chi connectivity index (χ0) is 16.3. The third-order valence-corrected chi connectivity index (χ3v) is 3.32. The normalized spacial score (nSPS) is 12.0. The number of aromatic hydroxyl groups is 2. The average molecular weight is 306 g/mol. The minimum Gasteiger partial charge on any atom is -0.504 e. The van der Waals surface area contributed by atoms with Crippen LogP contribution in [-0.2, 0) is 0 Å². The average Bonchev–Trinajstić information content (AvgIpc) is 2.47. The van der Waals surface area contributed by atoms with E-state index in [9.17, 15) is 30.2 Å². The molecule has 0 bridgehead atoms. The number of nitro groups is 1. The van der Waals surface area contributed by atoms with E-state index in [4.69, 9.17) is 0 Å². The maximum Gasteiger partial charge on any atom is 0.314 e. The summed E-state index contributed by atoms with van der Waals surface area (Å²) in [4.78, 5) is 24.2. The first-order chi connectivity index (χ1) is 10.5. The Balaban J connectivity index is 2.57. The molecule has 0 spiro atoms. The van der Waals surface area contributed by atoms with Gasteiger partial charge in [0.05, 0.1) is 4.92 Å². The molecule has 0 amide bonds. The Hall–Kier alpha value is -2.87. The molecule has 4 N–H and O–H groups in total. The van der Waals surface area contributed by atoms with Crippen LogP contribution in [0.25, 0.3) is 0 Å². The van der Waals surface area contributed by atoms with Crippen LogP contribution >= 0.6 is 0 Å². The third-order valence-electron chi connectivity index (χ3n) is 3.32. The number of benzene rings is 1. The summed E-state index contributed by atoms with van der Waals surface area (Å²) in [6, 6.07) is 4.97. The van der Waals surface area contributed by atoms with Crippen LogP contribution in [0.4, 0.5) is 5.69 Å². The van der Waals surface area contributed by atoms with Crippen LogP contribution in [0.1, 0.15) is 23.6 Å². The molecule has 1 unspecified atom stereocenters. The van der Waals surface area contributed by atoms with E-state index in [-0.39, 0.29) is 24.0 Å². The highest BCUT2D eigenvalue weighted by molar-refractivity contribution is 5.59. The Labute approximate surface area is 124 Å². The standard InChI is InChI=1S/C14H14N2O6/c17-6-4-9(11-7-8(18)3-5-15-11)10-1-2-12(16(21)22)14(20)13(10)19/h1-3,5,7,9,17,19-20H,4,6H2,(H,15,18). The molecule has 8 nitrogen and oxygen atoms in total. The van der Waals surface area contributed by atoms with Gasteiger partial charge in [-0.15, -0.1) is 0 Å². The van der Waals surface area contributed by atoms with Crippen molar-refractivity contribution in [3.05, 3.63) is 62.1 Å². The van der Waals surface area contributed by atoms with Gasteiger partial charge in [0.2, 0.25) is 5.75 Å². The van der Waals surface area contributed by atoms with Crippen LogP contribution in [0.3, 0.4) is 0 Å². The summed E-state index contributed by atoms with van der Waals surface area (Å²) in [5.41, 5.74) is -0.281. The number of aliphatic hydroxyl groups is 1. The van der Waals surface area contributed by atoms with Crippen molar-refractivity contribution in [2.45, 2.75) is 12.3 Å². The molecule has 0 saturated carbocycles. The fourth-order valence-corrected chi connectivity index (χ4v) is 2.29. The van der Waals surface area contributed by atoms with E-state index in [1.54, 1.807) is 0 Å². The van der Waals surface area contributed by atoms with Crippen molar-refractivity contribution in [3.8, 4) is 11.5 Å². The molecule has 116 valence electrons. The predicted octanol–water partition coefficient (Wildman–Crippen LogP) is 1.21. The zero-order valence-electron chi connectivity index (χ0n) is 11.4. The number of nitrogens with one attached hydrogen (secondary N) is 1. The molecule has 0 aliphatic heterocycles. The van der Waals surface area contributed by atoms with Gasteiger partial charge in [-0.2, -0.15) is 0 Å². The molecule has 0 aliphatic rings. The van der Waals surface area contributed by atoms with E-state index in [2.05, 4.69) is 4.98 Å². The molecule has 1 aromatic heterocycles. The molecule has 1 heterocycles. The number of nitro benzene ring substituents is 1. The third kappa shape index (κ3) is 2.91. The van der Waals surface area contributed by atoms with Crippen molar-refractivity contribution < 1.29 is 20.2 Å². The number of hydrogen-bond acceptors (Lipinski definition) is 6. The van der Waals surface area contributed by atoms with E-state index >= 15 is 0 Å². The highest BCUT2D eigenvalue weighted by Gasteiger charge is 2.25. The minimum atomic E-state index is -0.844. The lowest BCUT2D eigenvalue weighted by Gasteiger charge is -2.18. The number of aliphatic hydroxyl groups excluding tert-OH is 1. The van der Waals surface area contributed by atoms with E-state index in [1.165, 1.54) is 24.4 Å². The lowest BCUT2D eigenvalue weighted by Crippen LogP contribution is -2.10. The van der Waals surface area contributed by atoms with Gasteiger partial charge in [-0.25, -0.2) is 0 Å². The van der Waals surface area contributed by atoms with E-state index in [0.717, 1.165) is 6.07 Å². The summed E-state index contributed by atoms with van der Waals surface area (Å²) in [6.45, 7) is -0.237. The number of pyridine rings is 1. The first kappa shape index (κ1) is 15.5. The van der Waals surface area contributed by atoms with Crippen LogP contribution in [-0.4, -0.2) is 31.8 Å². The Kier molecular flexibility index (Phi) is 4.42. The number of aromatic nitrogens is 1. The Morgan fingerprint density at radius 1 is 1.23 bits per heavy atom. The highest BCUT2D eigenvalue weighted by atomic mass is 16.6. The lowest BCUT2D eigenvalue weighted by molar-refractivity contribution is -0.386. The van der Waals surface area contributed by atoms with Crippen LogP contribution in [0.15, 0.2) is 35.3 Å². The van der Waals surface area contributed by atoms with E-state index in [1.807, 2.05) is 0 Å². The fraction of sp³-hybridized carbons (Fsp3) is 0.214. The number of phenolic OH excluding ortho intramolecular Hbond substituents is 2. The Morgan fingerprint density at radius 2 is 1.95 bits per heavy atom. The summed E-state index contributed by atoms with van der Waals surface area (Å²) in [6.07, 6.45) is 1.58. The van der Waals surface area contributed by atoms with Gasteiger partial charge in [-0.3, -0.25) is 14.9 Å². The predicted molar refractivity (Wildman–Crippen MR) is 77.0 cm³/mol. The monoisotopic (exact) mass is 306 g/mol. The van der Waals surface area contributed by atoms with Crippen LogP contribution in [0, 0.1) is 10.1 Å². The molecule has 0 fully saturated rings. The molecular formula is C14H14N2O6. The van der Waals surface area contributed by atoms with E-state index in [0.29, 0.717) is 5.69 Å². The van der Waals surface area contributed by atoms with Gasteiger partial charge in [-0.1, -0.05) is 0 Å². The van der Waals surface area contributed by atoms with Crippen LogP contribution < -0.4 is 5.43 Å². The molecule has 2 rings (SSSR count). The molecule has 1 aromatic carbocycles. The van der Waals surface area contributed by atoms with Crippen molar-refractivity contribution in [2.24, 2.45) is 0 Å². The number of H-pyrrole nitrogens is 1. The number of phenols is 2. The van der Waals surface area contributed by atoms with Crippen molar-refractivity contribution in [2.75, 3.05) is 6.61 Å². The van der Waals surface area contributed by atoms with Gasteiger partial charge in [0.25, 0.3) is 0 Å². The van der Waals surface area contributed by atoms with E-state index < -0.39 is 28.0 Å². The first-order valence-electron chi connectivity index (χ1n) is 6.44. The molecule has 22 heavy (non-hydrogen) atoms. The summed E-state index contributed by atoms with van der Waals surface area (Å²) < 4.78 is 0. The topological polar surface area (TPSA) is 137 Å². The Morgan fingerprint density at radius 3 is 2.55 bits per heavy atom. The second-order valence-corrected chi connectivity index (χ2v) is 4.67. The van der Waals surface area contributed by atoms with Gasteiger partial charge in [0.15, 0.2) is 11.2 Å². The quantitative estimate of drug-likeness (QED) is 0.372. The molecule has 1 atom stereocenters. The molecular weight excluding hydrogens is 292 g/mol. The first-order valence-corrected chi connectivity index (χ1v) is 6.44. The highest BCUT2D eigenvalue weighted by Crippen LogP contribution is 2.42. The molecule has 0 radical (unpaired) electrons. The number of aromatic amines is 1. The minimum absolute atomic E-state index is 0.158. The summed E-state index contributed by atoms with van der Waals surface area (Å²) in [5.74, 6) is -2.10. The number of rotatable bonds is 5. The number of nitrogens with zero attached hydrogens (tertiary/aromatic N) is 1. The van der Waals surface area contributed by atoms with Crippen LogP contribution in [0.2, 0.25) is 0 Å². The largest absolute Gasteiger partial charge is 0.504 e. The van der Waals surface area contributed by atoms with Crippen molar-refractivity contribution in [3.63, 3.8) is 0 Å². The SMILES string of the molecule is O=c1cc[nH]c(C(CCO)c2ccc([N+](=O)[O-])c(O)c2O)c1. The van der Waals surface area contributed by atoms with Gasteiger partial charge in [0, 0.05) is 48.2 Å². The summed E-state index contributed by atoms with van der Waals surface area (Å²) in [5, 5.41) is 39.7. The van der Waals surface area contributed by atoms with Gasteiger partial charge in [-0.05, 0) is 12.5 Å². The number of hydrogen-bond donors (Lipinski definition) is 4. The van der Waals surface area contributed by atoms with Gasteiger partial charge in [0.1, 0.15) is 0 Å². The van der Waals surface area contributed by atoms with Crippen LogP contribution in [0.5, 0.6) is 11.5 Å². The fourth-order valence-electron chi connectivity index (χ4n) is 2.29. The molecule has 2 aromatic rings. The molecule has 0 saturated heterocycles. The summed E-state index contributed by atoms with van der Waals surface area (Å²) in [7, 11) is 0. The van der Waals surface area contributed by atoms with Crippen molar-refractivity contribution >= 4 is 5.69 Å².